The lowest BCUT2D eigenvalue weighted by molar-refractivity contribution is -0.158. The van der Waals surface area contributed by atoms with Crippen LogP contribution in [-0.4, -0.2) is 51.4 Å². The van der Waals surface area contributed by atoms with E-state index in [2.05, 4.69) is 24.2 Å². The summed E-state index contributed by atoms with van der Waals surface area (Å²) in [5.74, 6) is -0.276. The number of carboxylic acid groups (broad SMARTS) is 1. The minimum atomic E-state index is -3.83. The molecule has 1 aliphatic rings. The second kappa shape index (κ2) is 11.7. The molecule has 216 valence electrons. The molecule has 1 aliphatic heterocycles. The topological polar surface area (TPSA) is 124 Å². The Balaban J connectivity index is 1.64. The van der Waals surface area contributed by atoms with Crippen molar-refractivity contribution in [1.82, 2.24) is 19.3 Å². The average Bonchev–Trinajstić information content (AvgIpc) is 3.28. The van der Waals surface area contributed by atoms with Gasteiger partial charge < -0.3 is 14.6 Å². The summed E-state index contributed by atoms with van der Waals surface area (Å²) in [6.07, 6.45) is 0.618. The maximum Gasteiger partial charge on any atom is 0.312 e. The van der Waals surface area contributed by atoms with Crippen LogP contribution in [0.5, 0.6) is 5.75 Å². The van der Waals surface area contributed by atoms with Crippen molar-refractivity contribution < 1.29 is 27.8 Å². The maximum atomic E-state index is 13.6. The van der Waals surface area contributed by atoms with E-state index in [0.29, 0.717) is 29.5 Å². The minimum Gasteiger partial charge on any atom is -0.488 e. The van der Waals surface area contributed by atoms with Gasteiger partial charge in [0, 0.05) is 13.1 Å². The second-order valence-corrected chi connectivity index (χ2v) is 13.3. The number of ether oxygens (including phenoxy) is 2. The van der Waals surface area contributed by atoms with Crippen LogP contribution in [0.2, 0.25) is 0 Å². The van der Waals surface area contributed by atoms with Gasteiger partial charge in [-0.3, -0.25) is 9.48 Å². The van der Waals surface area contributed by atoms with Crippen molar-refractivity contribution in [1.29, 1.82) is 0 Å². The fourth-order valence-electron chi connectivity index (χ4n) is 4.77. The lowest BCUT2D eigenvalue weighted by Gasteiger charge is -2.31. The molecule has 0 bridgehead atoms. The summed E-state index contributed by atoms with van der Waals surface area (Å²) in [5, 5.41) is 18.4. The summed E-state index contributed by atoms with van der Waals surface area (Å²) in [5.41, 5.74) is 1.59. The summed E-state index contributed by atoms with van der Waals surface area (Å²) < 4.78 is 42.5. The summed E-state index contributed by atoms with van der Waals surface area (Å²) in [7, 11) is -3.83. The molecule has 2 heterocycles. The van der Waals surface area contributed by atoms with Crippen molar-refractivity contribution in [2.45, 2.75) is 78.3 Å². The molecule has 1 N–H and O–H groups in total. The third kappa shape index (κ3) is 6.37. The lowest BCUT2D eigenvalue weighted by Crippen LogP contribution is -2.36. The van der Waals surface area contributed by atoms with E-state index in [1.54, 1.807) is 49.0 Å². The first-order valence-corrected chi connectivity index (χ1v) is 14.8. The number of aliphatic carboxylic acids is 1. The number of hydrogen-bond acceptors (Lipinski definition) is 7. The number of carboxylic acids is 1. The van der Waals surface area contributed by atoms with Gasteiger partial charge in [0.15, 0.2) is 0 Å². The van der Waals surface area contributed by atoms with Gasteiger partial charge in [-0.25, -0.2) is 8.42 Å². The van der Waals surface area contributed by atoms with E-state index in [1.165, 1.54) is 4.31 Å². The number of sulfonamides is 1. The Hall–Kier alpha value is -3.28. The van der Waals surface area contributed by atoms with E-state index in [9.17, 15) is 18.3 Å². The van der Waals surface area contributed by atoms with E-state index in [-0.39, 0.29) is 30.7 Å². The summed E-state index contributed by atoms with van der Waals surface area (Å²) in [4.78, 5) is 12.4. The SMILES string of the molecule is Cc1ccc(C(OCc2cn(CC(C)C)nn2)C(C)(C)C(=O)O)cc1CN1C[C@@H](C)Oc2ccccc2S1(=O)=O. The Morgan fingerprint density at radius 1 is 1.23 bits per heavy atom. The van der Waals surface area contributed by atoms with Crippen LogP contribution in [0, 0.1) is 18.3 Å². The van der Waals surface area contributed by atoms with Crippen molar-refractivity contribution in [3.05, 3.63) is 71.0 Å². The molecule has 0 fully saturated rings. The van der Waals surface area contributed by atoms with Crippen molar-refractivity contribution in [2.24, 2.45) is 11.3 Å². The highest BCUT2D eigenvalue weighted by atomic mass is 32.2. The van der Waals surface area contributed by atoms with Gasteiger partial charge in [-0.2, -0.15) is 4.31 Å². The highest BCUT2D eigenvalue weighted by Crippen LogP contribution is 2.39. The first kappa shape index (κ1) is 29.7. The van der Waals surface area contributed by atoms with Gasteiger partial charge in [0.25, 0.3) is 0 Å². The zero-order chi connectivity index (χ0) is 29.2. The first-order valence-electron chi connectivity index (χ1n) is 13.4. The molecule has 0 amide bonds. The molecule has 1 unspecified atom stereocenters. The van der Waals surface area contributed by atoms with Crippen LogP contribution in [0.1, 0.15) is 63.1 Å². The lowest BCUT2D eigenvalue weighted by atomic mass is 9.81. The Morgan fingerprint density at radius 3 is 2.65 bits per heavy atom. The molecule has 10 nitrogen and oxygen atoms in total. The smallest absolute Gasteiger partial charge is 0.312 e. The van der Waals surface area contributed by atoms with Gasteiger partial charge in [-0.1, -0.05) is 49.4 Å². The molecule has 2 atom stereocenters. The van der Waals surface area contributed by atoms with Crippen molar-refractivity contribution in [3.8, 4) is 5.75 Å². The largest absolute Gasteiger partial charge is 0.488 e. The number of hydrogen-bond donors (Lipinski definition) is 1. The number of aryl methyl sites for hydroxylation is 1. The van der Waals surface area contributed by atoms with Gasteiger partial charge >= 0.3 is 5.97 Å². The number of nitrogens with zero attached hydrogens (tertiary/aromatic N) is 4. The number of benzene rings is 2. The third-order valence-electron chi connectivity index (χ3n) is 7.02. The van der Waals surface area contributed by atoms with E-state index < -0.39 is 27.5 Å². The van der Waals surface area contributed by atoms with Crippen molar-refractivity contribution in [3.63, 3.8) is 0 Å². The van der Waals surface area contributed by atoms with Crippen molar-refractivity contribution in [2.75, 3.05) is 6.54 Å². The normalized spacial score (nSPS) is 18.1. The fourth-order valence-corrected chi connectivity index (χ4v) is 6.39. The quantitative estimate of drug-likeness (QED) is 0.376. The van der Waals surface area contributed by atoms with Crippen LogP contribution >= 0.6 is 0 Å². The minimum absolute atomic E-state index is 0.0782. The molecule has 3 aromatic rings. The fraction of sp³-hybridized carbons (Fsp3) is 0.483. The van der Waals surface area contributed by atoms with Gasteiger partial charge in [-0.15, -0.1) is 5.10 Å². The predicted octanol–water partition coefficient (Wildman–Crippen LogP) is 4.58. The summed E-state index contributed by atoms with van der Waals surface area (Å²) in [6.45, 7) is 12.2. The van der Waals surface area contributed by atoms with Crippen LogP contribution < -0.4 is 4.74 Å². The van der Waals surface area contributed by atoms with Gasteiger partial charge in [0.1, 0.15) is 22.4 Å². The molecular formula is C29H38N4O6S. The van der Waals surface area contributed by atoms with Crippen LogP contribution in [-0.2, 0) is 39.3 Å². The second-order valence-electron chi connectivity index (χ2n) is 11.4. The Kier molecular flexibility index (Phi) is 8.67. The molecule has 11 heteroatoms. The van der Waals surface area contributed by atoms with E-state index in [4.69, 9.17) is 9.47 Å². The van der Waals surface area contributed by atoms with Crippen LogP contribution in [0.25, 0.3) is 0 Å². The number of aromatic nitrogens is 3. The van der Waals surface area contributed by atoms with Gasteiger partial charge in [0.2, 0.25) is 10.0 Å². The standard InChI is InChI=1S/C29H38N4O6S/c1-19(2)14-32-17-24(30-31-32)18-38-27(29(5,6)28(34)35)22-12-11-20(3)23(13-22)16-33-15-21(4)39-25-9-7-8-10-26(25)40(33,36)37/h7-13,17,19,21,27H,14-16,18H2,1-6H3,(H,34,35)/t21-,27?/m1/s1. The Morgan fingerprint density at radius 2 is 1.95 bits per heavy atom. The molecule has 2 aromatic carbocycles. The number of para-hydroxylation sites is 1. The molecule has 0 saturated carbocycles. The monoisotopic (exact) mass is 570 g/mol. The third-order valence-corrected chi connectivity index (χ3v) is 8.87. The van der Waals surface area contributed by atoms with Crippen molar-refractivity contribution >= 4 is 16.0 Å². The highest BCUT2D eigenvalue weighted by molar-refractivity contribution is 7.89. The maximum absolute atomic E-state index is 13.6. The average molecular weight is 571 g/mol. The molecule has 0 saturated heterocycles. The van der Waals surface area contributed by atoms with E-state index in [1.807, 2.05) is 32.0 Å². The Labute approximate surface area is 236 Å². The molecule has 40 heavy (non-hydrogen) atoms. The molecule has 0 aliphatic carbocycles. The van der Waals surface area contributed by atoms with E-state index in [0.717, 1.165) is 11.1 Å². The highest BCUT2D eigenvalue weighted by Gasteiger charge is 2.40. The number of rotatable bonds is 10. The molecular weight excluding hydrogens is 532 g/mol. The molecule has 4 rings (SSSR count). The molecule has 0 spiro atoms. The van der Waals surface area contributed by atoms with Crippen LogP contribution in [0.15, 0.2) is 53.6 Å². The Bertz CT molecular complexity index is 1470. The van der Waals surface area contributed by atoms with Gasteiger partial charge in [-0.05, 0) is 62.4 Å². The molecule has 1 aromatic heterocycles. The molecule has 0 radical (unpaired) electrons. The van der Waals surface area contributed by atoms with Crippen LogP contribution in [0.3, 0.4) is 0 Å². The number of carbonyl (C=O) groups is 1. The van der Waals surface area contributed by atoms with Gasteiger partial charge in [0.05, 0.1) is 30.9 Å². The van der Waals surface area contributed by atoms with E-state index >= 15 is 0 Å². The van der Waals surface area contributed by atoms with Crippen LogP contribution in [0.4, 0.5) is 0 Å². The first-order chi connectivity index (χ1) is 18.8. The zero-order valence-electron chi connectivity index (χ0n) is 23.9. The number of fused-ring (bicyclic) bond motifs is 1. The summed E-state index contributed by atoms with van der Waals surface area (Å²) in [6, 6.07) is 12.2. The zero-order valence-corrected chi connectivity index (χ0v) is 24.7. The summed E-state index contributed by atoms with van der Waals surface area (Å²) >= 11 is 0. The predicted molar refractivity (Wildman–Crippen MR) is 149 cm³/mol.